The Morgan fingerprint density at radius 1 is 1.29 bits per heavy atom. The van der Waals surface area contributed by atoms with Gasteiger partial charge in [0.25, 0.3) is 5.91 Å². The van der Waals surface area contributed by atoms with Crippen molar-refractivity contribution in [3.05, 3.63) is 65.5 Å². The van der Waals surface area contributed by atoms with Crippen molar-refractivity contribution in [2.75, 3.05) is 7.11 Å². The molecule has 1 unspecified atom stereocenters. The average Bonchev–Trinajstić information content (AvgIpc) is 3.45. The van der Waals surface area contributed by atoms with Crippen LogP contribution in [0.3, 0.4) is 0 Å². The summed E-state index contributed by atoms with van der Waals surface area (Å²) in [6.45, 7) is 0.366. The van der Waals surface area contributed by atoms with Crippen molar-refractivity contribution in [1.29, 1.82) is 0 Å². The van der Waals surface area contributed by atoms with Crippen molar-refractivity contribution in [2.45, 2.75) is 31.5 Å². The molecule has 1 N–H and O–H groups in total. The molecule has 1 fully saturated rings. The van der Waals surface area contributed by atoms with Crippen LogP contribution in [0, 0.1) is 5.82 Å². The molecule has 2 aromatic carbocycles. The zero-order valence-electron chi connectivity index (χ0n) is 13.5. The van der Waals surface area contributed by atoms with Crippen LogP contribution in [-0.2, 0) is 11.3 Å². The van der Waals surface area contributed by atoms with E-state index in [1.165, 1.54) is 12.1 Å². The number of rotatable bonds is 6. The molecule has 1 saturated carbocycles. The second-order valence-electron chi connectivity index (χ2n) is 6.00. The van der Waals surface area contributed by atoms with Gasteiger partial charge in [-0.15, -0.1) is 0 Å². The van der Waals surface area contributed by atoms with Crippen molar-refractivity contribution in [2.24, 2.45) is 0 Å². The summed E-state index contributed by atoms with van der Waals surface area (Å²) >= 11 is 0. The lowest BCUT2D eigenvalue weighted by molar-refractivity contribution is -0.141. The molecule has 126 valence electrons. The van der Waals surface area contributed by atoms with Gasteiger partial charge in [-0.1, -0.05) is 24.3 Å². The van der Waals surface area contributed by atoms with Gasteiger partial charge in [0.2, 0.25) is 0 Å². The van der Waals surface area contributed by atoms with Gasteiger partial charge >= 0.3 is 0 Å². The molecule has 1 amide bonds. The molecule has 3 rings (SSSR count). The van der Waals surface area contributed by atoms with E-state index in [-0.39, 0.29) is 17.8 Å². The van der Waals surface area contributed by atoms with Crippen LogP contribution in [0.5, 0.6) is 5.75 Å². The fourth-order valence-electron chi connectivity index (χ4n) is 2.67. The molecule has 0 spiro atoms. The van der Waals surface area contributed by atoms with Gasteiger partial charge in [-0.25, -0.2) is 4.39 Å². The third kappa shape index (κ3) is 3.74. The van der Waals surface area contributed by atoms with Crippen LogP contribution < -0.4 is 4.74 Å². The first-order valence-corrected chi connectivity index (χ1v) is 7.95. The summed E-state index contributed by atoms with van der Waals surface area (Å²) in [6, 6.07) is 13.1. The summed E-state index contributed by atoms with van der Waals surface area (Å²) < 4.78 is 18.2. The predicted molar refractivity (Wildman–Crippen MR) is 87.9 cm³/mol. The Hall–Kier alpha value is -2.40. The minimum atomic E-state index is -1.24. The lowest BCUT2D eigenvalue weighted by Gasteiger charge is -2.25. The summed E-state index contributed by atoms with van der Waals surface area (Å²) in [5.74, 6) is -0.0506. The minimum Gasteiger partial charge on any atom is -0.497 e. The quantitative estimate of drug-likeness (QED) is 0.886. The Kier molecular flexibility index (Phi) is 4.81. The second-order valence-corrected chi connectivity index (χ2v) is 6.00. The SMILES string of the molecule is COc1cccc(C(O)C(=O)N(Cc2ccc(F)cc2)C2CC2)c1. The topological polar surface area (TPSA) is 49.8 Å². The summed E-state index contributed by atoms with van der Waals surface area (Å²) in [5.41, 5.74) is 1.35. The molecule has 24 heavy (non-hydrogen) atoms. The van der Waals surface area contributed by atoms with Gasteiger partial charge in [0.05, 0.1) is 7.11 Å². The van der Waals surface area contributed by atoms with Gasteiger partial charge in [-0.2, -0.15) is 0 Å². The standard InChI is InChI=1S/C19H20FNO3/c1-24-17-4-2-3-14(11-17)18(22)19(23)21(16-9-10-16)12-13-5-7-15(20)8-6-13/h2-8,11,16,18,22H,9-10,12H2,1H3. The highest BCUT2D eigenvalue weighted by Crippen LogP contribution is 2.31. The molecule has 0 radical (unpaired) electrons. The lowest BCUT2D eigenvalue weighted by Crippen LogP contribution is -2.36. The van der Waals surface area contributed by atoms with Crippen LogP contribution in [0.4, 0.5) is 4.39 Å². The van der Waals surface area contributed by atoms with E-state index >= 15 is 0 Å². The normalized spacial score (nSPS) is 15.0. The Balaban J connectivity index is 1.77. The number of aliphatic hydroxyl groups excluding tert-OH is 1. The number of carbonyl (C=O) groups is 1. The molecule has 0 aromatic heterocycles. The molecule has 5 heteroatoms. The number of nitrogens with zero attached hydrogens (tertiary/aromatic N) is 1. The molecular formula is C19H20FNO3. The van der Waals surface area contributed by atoms with Crippen LogP contribution in [0.1, 0.15) is 30.1 Å². The van der Waals surface area contributed by atoms with Gasteiger partial charge in [-0.05, 0) is 48.2 Å². The number of benzene rings is 2. The fourth-order valence-corrected chi connectivity index (χ4v) is 2.67. The average molecular weight is 329 g/mol. The maximum Gasteiger partial charge on any atom is 0.256 e. The van der Waals surface area contributed by atoms with Crippen molar-refractivity contribution >= 4 is 5.91 Å². The van der Waals surface area contributed by atoms with Crippen LogP contribution in [0.15, 0.2) is 48.5 Å². The zero-order valence-corrected chi connectivity index (χ0v) is 13.5. The predicted octanol–water partition coefficient (Wildman–Crippen LogP) is 3.06. The van der Waals surface area contributed by atoms with Gasteiger partial charge in [0.15, 0.2) is 6.10 Å². The van der Waals surface area contributed by atoms with E-state index in [1.54, 1.807) is 48.4 Å². The Morgan fingerprint density at radius 3 is 2.62 bits per heavy atom. The summed E-state index contributed by atoms with van der Waals surface area (Å²) in [6.07, 6.45) is 0.622. The number of carbonyl (C=O) groups excluding carboxylic acids is 1. The molecule has 1 atom stereocenters. The number of aliphatic hydroxyl groups is 1. The van der Waals surface area contributed by atoms with Crippen LogP contribution >= 0.6 is 0 Å². The van der Waals surface area contributed by atoms with Crippen molar-refractivity contribution in [1.82, 2.24) is 4.90 Å². The van der Waals surface area contributed by atoms with E-state index in [2.05, 4.69) is 0 Å². The van der Waals surface area contributed by atoms with Crippen LogP contribution in [0.25, 0.3) is 0 Å². The minimum absolute atomic E-state index is 0.141. The number of ether oxygens (including phenoxy) is 1. The first kappa shape index (κ1) is 16.5. The monoisotopic (exact) mass is 329 g/mol. The second kappa shape index (κ2) is 7.01. The van der Waals surface area contributed by atoms with Crippen molar-refractivity contribution in [3.63, 3.8) is 0 Å². The molecular weight excluding hydrogens is 309 g/mol. The highest BCUT2D eigenvalue weighted by Gasteiger charge is 2.35. The smallest absolute Gasteiger partial charge is 0.256 e. The van der Waals surface area contributed by atoms with Gasteiger partial charge < -0.3 is 14.7 Å². The lowest BCUT2D eigenvalue weighted by atomic mass is 10.1. The van der Waals surface area contributed by atoms with E-state index in [4.69, 9.17) is 4.74 Å². The molecule has 1 aliphatic carbocycles. The maximum atomic E-state index is 13.0. The Morgan fingerprint density at radius 2 is 2.00 bits per heavy atom. The zero-order chi connectivity index (χ0) is 17.1. The summed E-state index contributed by atoms with van der Waals surface area (Å²) in [7, 11) is 1.54. The van der Waals surface area contributed by atoms with Gasteiger partial charge in [0.1, 0.15) is 11.6 Å². The molecule has 0 heterocycles. The van der Waals surface area contributed by atoms with E-state index < -0.39 is 6.10 Å². The fraction of sp³-hybridized carbons (Fsp3) is 0.316. The highest BCUT2D eigenvalue weighted by atomic mass is 19.1. The molecule has 2 aromatic rings. The van der Waals surface area contributed by atoms with E-state index in [1.807, 2.05) is 0 Å². The van der Waals surface area contributed by atoms with Crippen molar-refractivity contribution < 1.29 is 19.0 Å². The largest absolute Gasteiger partial charge is 0.497 e. The third-order valence-electron chi connectivity index (χ3n) is 4.18. The molecule has 0 saturated heterocycles. The number of amides is 1. The van der Waals surface area contributed by atoms with Gasteiger partial charge in [0, 0.05) is 12.6 Å². The van der Waals surface area contributed by atoms with E-state index in [0.29, 0.717) is 17.9 Å². The maximum absolute atomic E-state index is 13.0. The molecule has 0 bridgehead atoms. The first-order valence-electron chi connectivity index (χ1n) is 7.95. The first-order chi connectivity index (χ1) is 11.6. The summed E-state index contributed by atoms with van der Waals surface area (Å²) in [5, 5.41) is 10.5. The third-order valence-corrected chi connectivity index (χ3v) is 4.18. The van der Waals surface area contributed by atoms with Crippen molar-refractivity contribution in [3.8, 4) is 5.75 Å². The Labute approximate surface area is 140 Å². The number of methoxy groups -OCH3 is 1. The molecule has 4 nitrogen and oxygen atoms in total. The molecule has 1 aliphatic rings. The van der Waals surface area contributed by atoms with Crippen LogP contribution in [0.2, 0.25) is 0 Å². The number of halogens is 1. The highest BCUT2D eigenvalue weighted by molar-refractivity contribution is 5.82. The molecule has 0 aliphatic heterocycles. The van der Waals surface area contributed by atoms with Gasteiger partial charge in [-0.3, -0.25) is 4.79 Å². The van der Waals surface area contributed by atoms with Crippen LogP contribution in [-0.4, -0.2) is 29.1 Å². The number of hydrogen-bond donors (Lipinski definition) is 1. The summed E-state index contributed by atoms with van der Waals surface area (Å²) in [4.78, 5) is 14.4. The van der Waals surface area contributed by atoms with E-state index in [0.717, 1.165) is 18.4 Å². The Bertz CT molecular complexity index is 713. The number of hydrogen-bond acceptors (Lipinski definition) is 3. The van der Waals surface area contributed by atoms with E-state index in [9.17, 15) is 14.3 Å².